The van der Waals surface area contributed by atoms with E-state index in [1.807, 2.05) is 44.2 Å². The summed E-state index contributed by atoms with van der Waals surface area (Å²) in [5.41, 5.74) is 2.67. The normalized spacial score (nSPS) is 10.3. The molecule has 0 aromatic heterocycles. The highest BCUT2D eigenvalue weighted by Gasteiger charge is 2.15. The summed E-state index contributed by atoms with van der Waals surface area (Å²) in [6.45, 7) is 4.56. The molecule has 0 unspecified atom stereocenters. The van der Waals surface area contributed by atoms with Gasteiger partial charge < -0.3 is 10.0 Å². The van der Waals surface area contributed by atoms with Crippen LogP contribution in [-0.2, 0) is 11.2 Å². The SMILES string of the molecule is CCN(C(=O)Cc1ccccc1O)c1cccc(C)c1. The highest BCUT2D eigenvalue weighted by molar-refractivity contribution is 5.95. The number of anilines is 1. The molecule has 3 nitrogen and oxygen atoms in total. The third kappa shape index (κ3) is 3.18. The molecule has 0 aliphatic rings. The number of hydrogen-bond acceptors (Lipinski definition) is 2. The molecular formula is C17H19NO2. The average molecular weight is 269 g/mol. The number of amides is 1. The number of benzene rings is 2. The molecule has 104 valence electrons. The number of likely N-dealkylation sites (N-methyl/N-ethyl adjacent to an activating group) is 1. The van der Waals surface area contributed by atoms with E-state index in [0.29, 0.717) is 12.1 Å². The van der Waals surface area contributed by atoms with Crippen LogP contribution in [0.1, 0.15) is 18.1 Å². The molecule has 2 aromatic rings. The molecule has 1 amide bonds. The molecule has 2 rings (SSSR count). The fourth-order valence-corrected chi connectivity index (χ4v) is 2.22. The number of aryl methyl sites for hydroxylation is 1. The van der Waals surface area contributed by atoms with Crippen LogP contribution in [-0.4, -0.2) is 17.6 Å². The zero-order chi connectivity index (χ0) is 14.5. The Hall–Kier alpha value is -2.29. The molecule has 0 saturated carbocycles. The van der Waals surface area contributed by atoms with Crippen LogP contribution in [0, 0.1) is 6.92 Å². The Kier molecular flexibility index (Phi) is 4.41. The fraction of sp³-hybridized carbons (Fsp3) is 0.235. The maximum atomic E-state index is 12.4. The molecule has 0 bridgehead atoms. The van der Waals surface area contributed by atoms with Gasteiger partial charge in [0.25, 0.3) is 0 Å². The number of phenolic OH excluding ortho intramolecular Hbond substituents is 1. The highest BCUT2D eigenvalue weighted by atomic mass is 16.3. The van der Waals surface area contributed by atoms with E-state index < -0.39 is 0 Å². The maximum Gasteiger partial charge on any atom is 0.231 e. The van der Waals surface area contributed by atoms with E-state index in [4.69, 9.17) is 0 Å². The van der Waals surface area contributed by atoms with E-state index in [1.165, 1.54) is 0 Å². The first-order chi connectivity index (χ1) is 9.61. The lowest BCUT2D eigenvalue weighted by Crippen LogP contribution is -2.32. The molecule has 3 heteroatoms. The van der Waals surface area contributed by atoms with Gasteiger partial charge in [-0.3, -0.25) is 4.79 Å². The smallest absolute Gasteiger partial charge is 0.231 e. The molecular weight excluding hydrogens is 250 g/mol. The van der Waals surface area contributed by atoms with E-state index in [-0.39, 0.29) is 18.1 Å². The maximum absolute atomic E-state index is 12.4. The average Bonchev–Trinajstić information content (AvgIpc) is 2.42. The van der Waals surface area contributed by atoms with Crippen molar-refractivity contribution in [3.05, 3.63) is 59.7 Å². The first kappa shape index (κ1) is 14.1. The first-order valence-corrected chi connectivity index (χ1v) is 6.75. The zero-order valence-corrected chi connectivity index (χ0v) is 11.8. The Morgan fingerprint density at radius 3 is 2.55 bits per heavy atom. The van der Waals surface area contributed by atoms with Crippen molar-refractivity contribution in [3.8, 4) is 5.75 Å². The fourth-order valence-electron chi connectivity index (χ4n) is 2.22. The van der Waals surface area contributed by atoms with Crippen molar-refractivity contribution in [2.45, 2.75) is 20.3 Å². The lowest BCUT2D eigenvalue weighted by molar-refractivity contribution is -0.118. The van der Waals surface area contributed by atoms with Gasteiger partial charge in [-0.2, -0.15) is 0 Å². The number of para-hydroxylation sites is 1. The van der Waals surface area contributed by atoms with Crippen LogP contribution in [0.2, 0.25) is 0 Å². The number of rotatable bonds is 4. The lowest BCUT2D eigenvalue weighted by Gasteiger charge is -2.21. The predicted octanol–water partition coefficient (Wildman–Crippen LogP) is 3.30. The molecule has 0 atom stereocenters. The van der Waals surface area contributed by atoms with Crippen molar-refractivity contribution in [1.29, 1.82) is 0 Å². The van der Waals surface area contributed by atoms with Crippen molar-refractivity contribution in [1.82, 2.24) is 0 Å². The molecule has 0 aliphatic carbocycles. The molecule has 0 heterocycles. The molecule has 1 N–H and O–H groups in total. The summed E-state index contributed by atoms with van der Waals surface area (Å²) in [7, 11) is 0. The third-order valence-corrected chi connectivity index (χ3v) is 3.26. The first-order valence-electron chi connectivity index (χ1n) is 6.75. The summed E-state index contributed by atoms with van der Waals surface area (Å²) in [5.74, 6) is 0.153. The standard InChI is InChI=1S/C17H19NO2/c1-3-18(15-9-6-7-13(2)11-15)17(20)12-14-8-4-5-10-16(14)19/h4-11,19H,3,12H2,1-2H3. The Balaban J connectivity index is 2.20. The second-order valence-corrected chi connectivity index (χ2v) is 4.78. The van der Waals surface area contributed by atoms with Crippen molar-refractivity contribution in [2.75, 3.05) is 11.4 Å². The topological polar surface area (TPSA) is 40.5 Å². The van der Waals surface area contributed by atoms with Gasteiger partial charge in [-0.25, -0.2) is 0 Å². The lowest BCUT2D eigenvalue weighted by atomic mass is 10.1. The number of nitrogens with zero attached hydrogens (tertiary/aromatic N) is 1. The molecule has 0 aliphatic heterocycles. The van der Waals surface area contributed by atoms with E-state index in [2.05, 4.69) is 0 Å². The van der Waals surface area contributed by atoms with Crippen molar-refractivity contribution in [2.24, 2.45) is 0 Å². The van der Waals surface area contributed by atoms with Gasteiger partial charge in [-0.05, 0) is 37.6 Å². The number of phenols is 1. The molecule has 0 saturated heterocycles. The van der Waals surface area contributed by atoms with E-state index >= 15 is 0 Å². The van der Waals surface area contributed by atoms with Crippen LogP contribution < -0.4 is 4.90 Å². The van der Waals surface area contributed by atoms with Crippen LogP contribution in [0.25, 0.3) is 0 Å². The molecule has 20 heavy (non-hydrogen) atoms. The van der Waals surface area contributed by atoms with Gasteiger partial charge in [-0.1, -0.05) is 30.3 Å². The number of hydrogen-bond donors (Lipinski definition) is 1. The van der Waals surface area contributed by atoms with E-state index in [1.54, 1.807) is 23.1 Å². The summed E-state index contributed by atoms with van der Waals surface area (Å²) < 4.78 is 0. The van der Waals surface area contributed by atoms with Crippen LogP contribution >= 0.6 is 0 Å². The van der Waals surface area contributed by atoms with Gasteiger partial charge in [-0.15, -0.1) is 0 Å². The van der Waals surface area contributed by atoms with Crippen LogP contribution in [0.4, 0.5) is 5.69 Å². The Morgan fingerprint density at radius 1 is 1.15 bits per heavy atom. The molecule has 0 fully saturated rings. The second-order valence-electron chi connectivity index (χ2n) is 4.78. The highest BCUT2D eigenvalue weighted by Crippen LogP contribution is 2.20. The largest absolute Gasteiger partial charge is 0.508 e. The van der Waals surface area contributed by atoms with Gasteiger partial charge in [0, 0.05) is 17.8 Å². The molecule has 2 aromatic carbocycles. The van der Waals surface area contributed by atoms with Crippen LogP contribution in [0.3, 0.4) is 0 Å². The summed E-state index contributed by atoms with van der Waals surface area (Å²) in [5, 5.41) is 9.76. The zero-order valence-electron chi connectivity index (χ0n) is 11.8. The number of carbonyl (C=O) groups excluding carboxylic acids is 1. The Bertz CT molecular complexity index is 607. The Labute approximate surface area is 119 Å². The monoisotopic (exact) mass is 269 g/mol. The number of carbonyl (C=O) groups is 1. The number of aromatic hydroxyl groups is 1. The van der Waals surface area contributed by atoms with Gasteiger partial charge in [0.05, 0.1) is 6.42 Å². The minimum Gasteiger partial charge on any atom is -0.508 e. The van der Waals surface area contributed by atoms with Gasteiger partial charge in [0.15, 0.2) is 0 Å². The molecule has 0 spiro atoms. The van der Waals surface area contributed by atoms with Crippen LogP contribution in [0.5, 0.6) is 5.75 Å². The van der Waals surface area contributed by atoms with Gasteiger partial charge in [0.2, 0.25) is 5.91 Å². The second kappa shape index (κ2) is 6.24. The summed E-state index contributed by atoms with van der Waals surface area (Å²) in [6.07, 6.45) is 0.203. The van der Waals surface area contributed by atoms with E-state index in [9.17, 15) is 9.90 Å². The minimum absolute atomic E-state index is 0.0143. The predicted molar refractivity (Wildman–Crippen MR) is 81.0 cm³/mol. The van der Waals surface area contributed by atoms with Crippen LogP contribution in [0.15, 0.2) is 48.5 Å². The van der Waals surface area contributed by atoms with Gasteiger partial charge >= 0.3 is 0 Å². The minimum atomic E-state index is -0.0143. The summed E-state index contributed by atoms with van der Waals surface area (Å²) in [6, 6.07) is 14.8. The Morgan fingerprint density at radius 2 is 1.90 bits per heavy atom. The summed E-state index contributed by atoms with van der Waals surface area (Å²) >= 11 is 0. The van der Waals surface area contributed by atoms with Crippen molar-refractivity contribution >= 4 is 11.6 Å². The quantitative estimate of drug-likeness (QED) is 0.925. The van der Waals surface area contributed by atoms with E-state index in [0.717, 1.165) is 11.3 Å². The summed E-state index contributed by atoms with van der Waals surface area (Å²) in [4.78, 5) is 14.2. The van der Waals surface area contributed by atoms with Crippen molar-refractivity contribution < 1.29 is 9.90 Å². The molecule has 0 radical (unpaired) electrons. The van der Waals surface area contributed by atoms with Crippen molar-refractivity contribution in [3.63, 3.8) is 0 Å². The van der Waals surface area contributed by atoms with Gasteiger partial charge in [0.1, 0.15) is 5.75 Å². The third-order valence-electron chi connectivity index (χ3n) is 3.26.